The molecule has 7 nitrogen and oxygen atoms in total. The van der Waals surface area contributed by atoms with Crippen LogP contribution in [-0.4, -0.2) is 40.5 Å². The van der Waals surface area contributed by atoms with E-state index in [-0.39, 0.29) is 34.1 Å². The van der Waals surface area contributed by atoms with Gasteiger partial charge < -0.3 is 4.74 Å². The lowest BCUT2D eigenvalue weighted by molar-refractivity contribution is 0.0683. The standard InChI is InChI=1S/C23H18N2O5/c1-4-7-13(5-2)25-22(28)16-8-6-9-18(19(16)23(25)29)30-14-10-11-15-17(12-14)21(27)24(3)20(15)26/h4-12H,1-3H3/b7-4-,13-5+. The molecule has 2 aliphatic heterocycles. The molecule has 0 unspecified atom stereocenters. The molecule has 0 N–H and O–H groups in total. The van der Waals surface area contributed by atoms with Crippen LogP contribution in [0.1, 0.15) is 55.3 Å². The van der Waals surface area contributed by atoms with Gasteiger partial charge in [0, 0.05) is 12.7 Å². The van der Waals surface area contributed by atoms with Crippen LogP contribution < -0.4 is 4.74 Å². The van der Waals surface area contributed by atoms with E-state index in [4.69, 9.17) is 4.74 Å². The third-order valence-electron chi connectivity index (χ3n) is 5.06. The molecule has 2 aromatic rings. The number of amides is 4. The molecule has 0 spiro atoms. The van der Waals surface area contributed by atoms with Gasteiger partial charge in [-0.3, -0.25) is 24.1 Å². The van der Waals surface area contributed by atoms with Gasteiger partial charge in [-0.2, -0.15) is 0 Å². The minimum absolute atomic E-state index is 0.159. The third-order valence-corrected chi connectivity index (χ3v) is 5.06. The number of ether oxygens (including phenoxy) is 1. The van der Waals surface area contributed by atoms with Crippen LogP contribution in [0.5, 0.6) is 11.5 Å². The summed E-state index contributed by atoms with van der Waals surface area (Å²) in [7, 11) is 1.41. The molecule has 2 heterocycles. The summed E-state index contributed by atoms with van der Waals surface area (Å²) in [5.41, 5.74) is 1.41. The van der Waals surface area contributed by atoms with Crippen LogP contribution >= 0.6 is 0 Å². The Kier molecular flexibility index (Phi) is 4.58. The van der Waals surface area contributed by atoms with Crippen molar-refractivity contribution in [2.75, 3.05) is 7.05 Å². The van der Waals surface area contributed by atoms with E-state index in [2.05, 4.69) is 0 Å². The van der Waals surface area contributed by atoms with Gasteiger partial charge >= 0.3 is 0 Å². The summed E-state index contributed by atoms with van der Waals surface area (Å²) in [6.45, 7) is 3.55. The van der Waals surface area contributed by atoms with Crippen molar-refractivity contribution >= 4 is 23.6 Å². The van der Waals surface area contributed by atoms with E-state index in [1.807, 2.05) is 0 Å². The summed E-state index contributed by atoms with van der Waals surface area (Å²) in [6, 6.07) is 9.33. The molecule has 0 atom stereocenters. The minimum Gasteiger partial charge on any atom is -0.456 e. The Bertz CT molecular complexity index is 1190. The highest BCUT2D eigenvalue weighted by Gasteiger charge is 2.40. The minimum atomic E-state index is -0.482. The number of nitrogens with zero attached hydrogens (tertiary/aromatic N) is 2. The van der Waals surface area contributed by atoms with Crippen molar-refractivity contribution < 1.29 is 23.9 Å². The maximum absolute atomic E-state index is 13.1. The first-order valence-electron chi connectivity index (χ1n) is 9.34. The van der Waals surface area contributed by atoms with E-state index in [9.17, 15) is 19.2 Å². The van der Waals surface area contributed by atoms with Crippen molar-refractivity contribution in [2.24, 2.45) is 0 Å². The maximum atomic E-state index is 13.1. The molecule has 150 valence electrons. The van der Waals surface area contributed by atoms with Gasteiger partial charge in [0.25, 0.3) is 23.6 Å². The van der Waals surface area contributed by atoms with Crippen LogP contribution in [0.3, 0.4) is 0 Å². The second-order valence-corrected chi connectivity index (χ2v) is 6.82. The highest BCUT2D eigenvalue weighted by molar-refractivity contribution is 6.24. The number of rotatable bonds is 4. The number of carbonyl (C=O) groups is 4. The molecule has 2 aliphatic rings. The largest absolute Gasteiger partial charge is 0.456 e. The van der Waals surface area contributed by atoms with Crippen molar-refractivity contribution in [3.8, 4) is 11.5 Å². The van der Waals surface area contributed by atoms with Gasteiger partial charge in [-0.25, -0.2) is 4.90 Å². The zero-order valence-electron chi connectivity index (χ0n) is 16.6. The Hall–Kier alpha value is -4.00. The highest BCUT2D eigenvalue weighted by Crippen LogP contribution is 2.36. The Morgan fingerprint density at radius 3 is 2.30 bits per heavy atom. The summed E-state index contributed by atoms with van der Waals surface area (Å²) in [6.07, 6.45) is 5.11. The predicted molar refractivity (Wildman–Crippen MR) is 108 cm³/mol. The molecule has 0 radical (unpaired) electrons. The van der Waals surface area contributed by atoms with Gasteiger partial charge in [0.1, 0.15) is 11.5 Å². The van der Waals surface area contributed by atoms with E-state index < -0.39 is 17.7 Å². The lowest BCUT2D eigenvalue weighted by Gasteiger charge is -2.15. The second-order valence-electron chi connectivity index (χ2n) is 6.82. The van der Waals surface area contributed by atoms with E-state index in [0.717, 1.165) is 9.80 Å². The first-order chi connectivity index (χ1) is 14.4. The van der Waals surface area contributed by atoms with Crippen molar-refractivity contribution in [3.05, 3.63) is 82.6 Å². The molecule has 30 heavy (non-hydrogen) atoms. The zero-order chi connectivity index (χ0) is 21.6. The van der Waals surface area contributed by atoms with Crippen LogP contribution in [0.15, 0.2) is 60.3 Å². The van der Waals surface area contributed by atoms with Crippen LogP contribution in [0.4, 0.5) is 0 Å². The number of fused-ring (bicyclic) bond motifs is 2. The molecule has 4 amide bonds. The molecule has 0 bridgehead atoms. The van der Waals surface area contributed by atoms with Gasteiger partial charge in [0.05, 0.1) is 22.3 Å². The zero-order valence-corrected chi connectivity index (χ0v) is 16.6. The van der Waals surface area contributed by atoms with E-state index in [0.29, 0.717) is 11.3 Å². The lowest BCUT2D eigenvalue weighted by Crippen LogP contribution is -2.28. The monoisotopic (exact) mass is 402 g/mol. The number of hydrogen-bond acceptors (Lipinski definition) is 5. The first-order valence-corrected chi connectivity index (χ1v) is 9.34. The number of allylic oxidation sites excluding steroid dienone is 3. The van der Waals surface area contributed by atoms with Crippen molar-refractivity contribution in [2.45, 2.75) is 13.8 Å². The summed E-state index contributed by atoms with van der Waals surface area (Å²) in [5.74, 6) is -1.21. The molecule has 0 aliphatic carbocycles. The van der Waals surface area contributed by atoms with Crippen LogP contribution in [0, 0.1) is 0 Å². The quantitative estimate of drug-likeness (QED) is 0.574. The van der Waals surface area contributed by atoms with Crippen molar-refractivity contribution in [1.82, 2.24) is 9.80 Å². The van der Waals surface area contributed by atoms with Crippen molar-refractivity contribution in [1.29, 1.82) is 0 Å². The molecular weight excluding hydrogens is 384 g/mol. The molecule has 0 fully saturated rings. The second kappa shape index (κ2) is 7.11. The Balaban J connectivity index is 1.73. The van der Waals surface area contributed by atoms with Crippen molar-refractivity contribution in [3.63, 3.8) is 0 Å². The van der Waals surface area contributed by atoms with Crippen LogP contribution in [0.25, 0.3) is 0 Å². The molecule has 2 aromatic carbocycles. The Labute approximate surface area is 172 Å². The fraction of sp³-hybridized carbons (Fsp3) is 0.130. The van der Waals surface area contributed by atoms with Gasteiger partial charge in [-0.1, -0.05) is 18.2 Å². The molecule has 7 heteroatoms. The highest BCUT2D eigenvalue weighted by atomic mass is 16.5. The van der Waals surface area contributed by atoms with Gasteiger partial charge in [-0.15, -0.1) is 0 Å². The number of hydrogen-bond donors (Lipinski definition) is 0. The smallest absolute Gasteiger partial charge is 0.269 e. The third kappa shape index (κ3) is 2.75. The number of carbonyl (C=O) groups excluding carboxylic acids is 4. The summed E-state index contributed by atoms with van der Waals surface area (Å²) in [5, 5.41) is 0. The van der Waals surface area contributed by atoms with E-state index in [1.165, 1.54) is 19.2 Å². The first kappa shape index (κ1) is 19.3. The Morgan fingerprint density at radius 2 is 1.60 bits per heavy atom. The van der Waals surface area contributed by atoms with Crippen LogP contribution in [-0.2, 0) is 0 Å². The van der Waals surface area contributed by atoms with E-state index >= 15 is 0 Å². The molecule has 4 rings (SSSR count). The maximum Gasteiger partial charge on any atom is 0.269 e. The Morgan fingerprint density at radius 1 is 0.867 bits per heavy atom. The average Bonchev–Trinajstić information content (AvgIpc) is 3.12. The molecule has 0 aromatic heterocycles. The number of imide groups is 2. The van der Waals surface area contributed by atoms with Gasteiger partial charge in [-0.05, 0) is 50.3 Å². The normalized spacial score (nSPS) is 16.0. The molecule has 0 saturated heterocycles. The molecule has 0 saturated carbocycles. The van der Waals surface area contributed by atoms with E-state index in [1.54, 1.807) is 56.3 Å². The fourth-order valence-corrected chi connectivity index (χ4v) is 3.58. The molecular formula is C23H18N2O5. The van der Waals surface area contributed by atoms with Gasteiger partial charge in [0.15, 0.2) is 0 Å². The summed E-state index contributed by atoms with van der Waals surface area (Å²) in [4.78, 5) is 52.3. The summed E-state index contributed by atoms with van der Waals surface area (Å²) >= 11 is 0. The van der Waals surface area contributed by atoms with Gasteiger partial charge in [0.2, 0.25) is 0 Å². The average molecular weight is 402 g/mol. The fourth-order valence-electron chi connectivity index (χ4n) is 3.58. The van der Waals surface area contributed by atoms with Crippen LogP contribution in [0.2, 0.25) is 0 Å². The topological polar surface area (TPSA) is 84.0 Å². The predicted octanol–water partition coefficient (Wildman–Crippen LogP) is 3.78. The number of benzene rings is 2. The lowest BCUT2D eigenvalue weighted by atomic mass is 10.1. The SMILES string of the molecule is C/C=C\C(=C/C)N1C(=O)c2cccc(Oc3ccc4c(c3)C(=O)N(C)C4=O)c2C1=O. The summed E-state index contributed by atoms with van der Waals surface area (Å²) < 4.78 is 5.89.